The normalized spacial score (nSPS) is 11.5. The monoisotopic (exact) mass is 467 g/mol. The molecule has 0 unspecified atom stereocenters. The molecule has 0 aliphatic carbocycles. The average molecular weight is 468 g/mol. The van der Waals surface area contributed by atoms with Crippen LogP contribution in [0.3, 0.4) is 0 Å². The van der Waals surface area contributed by atoms with Crippen molar-refractivity contribution in [1.82, 2.24) is 30.5 Å². The van der Waals surface area contributed by atoms with Crippen LogP contribution in [0.2, 0.25) is 0 Å². The number of aromatic nitrogens is 5. The van der Waals surface area contributed by atoms with Crippen molar-refractivity contribution in [2.75, 3.05) is 31.4 Å². The van der Waals surface area contributed by atoms with E-state index in [1.807, 2.05) is 62.4 Å². The van der Waals surface area contributed by atoms with Crippen molar-refractivity contribution >= 4 is 39.8 Å². The third kappa shape index (κ3) is 5.40. The molecule has 0 saturated carbocycles. The Morgan fingerprint density at radius 1 is 0.943 bits per heavy atom. The second kappa shape index (κ2) is 10.3. The van der Waals surface area contributed by atoms with Crippen molar-refractivity contribution < 1.29 is 0 Å². The lowest BCUT2D eigenvalue weighted by Gasteiger charge is -2.14. The molecule has 3 N–H and O–H groups in total. The highest BCUT2D eigenvalue weighted by Gasteiger charge is 2.14. The molecule has 0 atom stereocenters. The van der Waals surface area contributed by atoms with E-state index in [4.69, 9.17) is 10.4 Å². The topological polar surface area (TPSA) is 116 Å². The van der Waals surface area contributed by atoms with E-state index < -0.39 is 0 Å². The van der Waals surface area contributed by atoms with Crippen molar-refractivity contribution in [3.05, 3.63) is 77.9 Å². The maximum Gasteiger partial charge on any atom is 0.154 e. The van der Waals surface area contributed by atoms with Gasteiger partial charge in [0.15, 0.2) is 5.82 Å². The molecular formula is C26H29N9. The van der Waals surface area contributed by atoms with Crippen LogP contribution in [-0.2, 0) is 0 Å². The Morgan fingerprint density at radius 3 is 2.43 bits per heavy atom. The first-order valence-corrected chi connectivity index (χ1v) is 11.3. The van der Waals surface area contributed by atoms with Gasteiger partial charge in [0.1, 0.15) is 11.6 Å². The molecule has 4 rings (SSSR count). The third-order valence-electron chi connectivity index (χ3n) is 5.50. The van der Waals surface area contributed by atoms with Gasteiger partial charge in [-0.2, -0.15) is 5.10 Å². The second-order valence-corrected chi connectivity index (χ2v) is 8.63. The molecule has 0 aliphatic heterocycles. The number of hydrogen-bond donors (Lipinski definition) is 3. The molecule has 0 aliphatic rings. The highest BCUT2D eigenvalue weighted by molar-refractivity contribution is 6.30. The maximum atomic E-state index is 8.82. The number of allylic oxidation sites excluding steroid dienone is 1. The van der Waals surface area contributed by atoms with Crippen LogP contribution in [0.1, 0.15) is 36.5 Å². The predicted molar refractivity (Wildman–Crippen MR) is 141 cm³/mol. The Morgan fingerprint density at radius 2 is 1.74 bits per heavy atom. The maximum absolute atomic E-state index is 8.82. The van der Waals surface area contributed by atoms with E-state index in [0.717, 1.165) is 22.5 Å². The zero-order valence-electron chi connectivity index (χ0n) is 20.5. The molecule has 9 heteroatoms. The lowest BCUT2D eigenvalue weighted by Crippen LogP contribution is -2.12. The lowest BCUT2D eigenvalue weighted by molar-refractivity contribution is 0.843. The minimum Gasteiger partial charge on any atom is -0.393 e. The second-order valence-electron chi connectivity index (χ2n) is 8.63. The number of anilines is 3. The Balaban J connectivity index is 1.65. The van der Waals surface area contributed by atoms with Crippen molar-refractivity contribution in [3.8, 4) is 0 Å². The van der Waals surface area contributed by atoms with E-state index in [2.05, 4.69) is 44.6 Å². The highest BCUT2D eigenvalue weighted by atomic mass is 15.2. The molecule has 0 fully saturated rings. The zero-order chi connectivity index (χ0) is 24.9. The molecule has 178 valence electrons. The minimum absolute atomic E-state index is 0.341. The van der Waals surface area contributed by atoms with Crippen LogP contribution in [0.4, 0.5) is 17.5 Å². The molecule has 4 aromatic rings. The van der Waals surface area contributed by atoms with Crippen LogP contribution in [0.5, 0.6) is 0 Å². The molecule has 35 heavy (non-hydrogen) atoms. The van der Waals surface area contributed by atoms with Gasteiger partial charge in [-0.25, -0.2) is 9.97 Å². The van der Waals surface area contributed by atoms with Crippen LogP contribution in [0.25, 0.3) is 16.6 Å². The molecule has 0 aromatic carbocycles. The van der Waals surface area contributed by atoms with E-state index in [1.165, 1.54) is 0 Å². The zero-order valence-corrected chi connectivity index (χ0v) is 20.5. The molecular weight excluding hydrogens is 438 g/mol. The molecule has 4 aromatic heterocycles. The minimum atomic E-state index is 0.341. The number of rotatable bonds is 8. The summed E-state index contributed by atoms with van der Waals surface area (Å²) >= 11 is 0. The average Bonchev–Trinajstić information content (AvgIpc) is 2.86. The van der Waals surface area contributed by atoms with Gasteiger partial charge in [-0.05, 0) is 47.9 Å². The van der Waals surface area contributed by atoms with E-state index >= 15 is 0 Å². The largest absolute Gasteiger partial charge is 0.393 e. The van der Waals surface area contributed by atoms with Gasteiger partial charge in [0.25, 0.3) is 0 Å². The summed E-state index contributed by atoms with van der Waals surface area (Å²) in [5.74, 6) is 2.47. The van der Waals surface area contributed by atoms with E-state index in [9.17, 15) is 0 Å². The lowest BCUT2D eigenvalue weighted by atomic mass is 9.98. The van der Waals surface area contributed by atoms with E-state index in [1.54, 1.807) is 24.8 Å². The van der Waals surface area contributed by atoms with Crippen LogP contribution >= 0.6 is 0 Å². The summed E-state index contributed by atoms with van der Waals surface area (Å²) in [5.41, 5.74) is 5.08. The van der Waals surface area contributed by atoms with Crippen molar-refractivity contribution in [1.29, 1.82) is 5.41 Å². The van der Waals surface area contributed by atoms with Gasteiger partial charge in [0.2, 0.25) is 0 Å². The van der Waals surface area contributed by atoms with Gasteiger partial charge in [-0.15, -0.1) is 5.10 Å². The summed E-state index contributed by atoms with van der Waals surface area (Å²) in [6.45, 7) is 4.23. The summed E-state index contributed by atoms with van der Waals surface area (Å²) in [4.78, 5) is 15.7. The fourth-order valence-electron chi connectivity index (χ4n) is 3.51. The van der Waals surface area contributed by atoms with Crippen molar-refractivity contribution in [2.45, 2.75) is 19.8 Å². The fraction of sp³-hybridized carbons (Fsp3) is 0.231. The standard InChI is InChI=1S/C26H29N9/c1-16(2)18-11-24(34-31-14-18)33-23-8-7-21-22(32-23)10-19(13-29-21)20(15-28-3)26(27)17-6-9-25(30-12-17)35(4)5/h6-16,27-28H,1-5H3,(H,32,33,34)/b20-15-,27-26?. The molecule has 0 spiro atoms. The number of pyridine rings is 3. The first-order chi connectivity index (χ1) is 16.9. The number of fused-ring (bicyclic) bond motifs is 1. The molecule has 4 heterocycles. The van der Waals surface area contributed by atoms with E-state index in [-0.39, 0.29) is 0 Å². The Hall–Kier alpha value is -4.40. The van der Waals surface area contributed by atoms with Gasteiger partial charge >= 0.3 is 0 Å². The van der Waals surface area contributed by atoms with Gasteiger partial charge < -0.3 is 15.5 Å². The first-order valence-electron chi connectivity index (χ1n) is 11.3. The van der Waals surface area contributed by atoms with Gasteiger partial charge in [-0.1, -0.05) is 13.8 Å². The Bertz CT molecular complexity index is 1380. The predicted octanol–water partition coefficient (Wildman–Crippen LogP) is 4.38. The molecule has 9 nitrogen and oxygen atoms in total. The molecule has 0 amide bonds. The Labute approximate surface area is 204 Å². The molecule has 0 saturated heterocycles. The van der Waals surface area contributed by atoms with Crippen LogP contribution in [-0.4, -0.2) is 52.0 Å². The van der Waals surface area contributed by atoms with Gasteiger partial charge in [0, 0.05) is 56.4 Å². The summed E-state index contributed by atoms with van der Waals surface area (Å²) in [6, 6.07) is 11.5. The first kappa shape index (κ1) is 23.7. The highest BCUT2D eigenvalue weighted by Crippen LogP contribution is 2.24. The van der Waals surface area contributed by atoms with Gasteiger partial charge in [0.05, 0.1) is 22.9 Å². The number of hydrogen-bond acceptors (Lipinski definition) is 9. The van der Waals surface area contributed by atoms with Gasteiger partial charge in [-0.3, -0.25) is 10.4 Å². The van der Waals surface area contributed by atoms with Crippen molar-refractivity contribution in [3.63, 3.8) is 0 Å². The number of nitrogens with zero attached hydrogens (tertiary/aromatic N) is 6. The fourth-order valence-corrected chi connectivity index (χ4v) is 3.51. The molecule has 0 bridgehead atoms. The van der Waals surface area contributed by atoms with Crippen LogP contribution < -0.4 is 15.5 Å². The van der Waals surface area contributed by atoms with E-state index in [0.29, 0.717) is 39.9 Å². The number of nitrogens with one attached hydrogen (secondary N) is 3. The smallest absolute Gasteiger partial charge is 0.154 e. The molecule has 0 radical (unpaired) electrons. The van der Waals surface area contributed by atoms with Crippen molar-refractivity contribution in [2.24, 2.45) is 0 Å². The summed E-state index contributed by atoms with van der Waals surface area (Å²) < 4.78 is 0. The summed E-state index contributed by atoms with van der Waals surface area (Å²) in [6.07, 6.45) is 7.03. The summed E-state index contributed by atoms with van der Waals surface area (Å²) in [7, 11) is 5.68. The third-order valence-corrected chi connectivity index (χ3v) is 5.50. The summed E-state index contributed by atoms with van der Waals surface area (Å²) in [5, 5.41) is 23.4. The van der Waals surface area contributed by atoms with Crippen LogP contribution in [0, 0.1) is 5.41 Å². The quantitative estimate of drug-likeness (QED) is 0.327. The van der Waals surface area contributed by atoms with Crippen LogP contribution in [0.15, 0.2) is 61.2 Å². The SMILES string of the molecule is CN/C=C(\C(=N)c1ccc(N(C)C)nc1)c1cnc2ccc(Nc3cc(C(C)C)cnn3)nc2c1. The Kier molecular flexibility index (Phi) is 6.96.